The van der Waals surface area contributed by atoms with Gasteiger partial charge in [-0.25, -0.2) is 0 Å². The van der Waals surface area contributed by atoms with Gasteiger partial charge in [0.25, 0.3) is 0 Å². The summed E-state index contributed by atoms with van der Waals surface area (Å²) in [6.45, 7) is 2.47. The molecule has 1 aliphatic heterocycles. The first-order valence-electron chi connectivity index (χ1n) is 4.73. The highest BCUT2D eigenvalue weighted by Gasteiger charge is 2.21. The molecule has 2 rings (SSSR count). The Morgan fingerprint density at radius 1 is 1.50 bits per heavy atom. The first-order valence-corrected chi connectivity index (χ1v) is 4.73. The van der Waals surface area contributed by atoms with Gasteiger partial charge in [-0.15, -0.1) is 0 Å². The van der Waals surface area contributed by atoms with Gasteiger partial charge in [0, 0.05) is 32.0 Å². The van der Waals surface area contributed by atoms with Crippen molar-refractivity contribution in [3.63, 3.8) is 0 Å². The Hall–Kier alpha value is -1.42. The fraction of sp³-hybridized carbons (Fsp3) is 0.400. The largest absolute Gasteiger partial charge is 0.336 e. The van der Waals surface area contributed by atoms with Gasteiger partial charge in [0.2, 0.25) is 6.41 Å². The molecule has 0 saturated carbocycles. The molecular formula is C10H13N3O. The molecule has 0 radical (unpaired) electrons. The van der Waals surface area contributed by atoms with E-state index in [4.69, 9.17) is 0 Å². The van der Waals surface area contributed by atoms with Crippen molar-refractivity contribution in [1.29, 1.82) is 0 Å². The molecule has 0 spiro atoms. The quantitative estimate of drug-likeness (QED) is 0.678. The second-order valence-electron chi connectivity index (χ2n) is 3.34. The average molecular weight is 191 g/mol. The van der Waals surface area contributed by atoms with Crippen molar-refractivity contribution >= 4 is 6.41 Å². The number of pyridine rings is 1. The zero-order valence-corrected chi connectivity index (χ0v) is 7.89. The topological polar surface area (TPSA) is 45.2 Å². The minimum absolute atomic E-state index is 0.157. The van der Waals surface area contributed by atoms with E-state index in [0.717, 1.165) is 31.6 Å². The van der Waals surface area contributed by atoms with Crippen LogP contribution in [0.3, 0.4) is 0 Å². The lowest BCUT2D eigenvalue weighted by Crippen LogP contribution is -2.45. The number of carbonyl (C=O) groups excluding carboxylic acids is 1. The molecule has 1 N–H and O–H groups in total. The van der Waals surface area contributed by atoms with E-state index in [2.05, 4.69) is 10.3 Å². The van der Waals surface area contributed by atoms with Crippen molar-refractivity contribution in [3.8, 4) is 0 Å². The summed E-state index contributed by atoms with van der Waals surface area (Å²) in [6, 6.07) is 4.06. The molecule has 1 unspecified atom stereocenters. The first-order chi connectivity index (χ1) is 6.92. The summed E-state index contributed by atoms with van der Waals surface area (Å²) in [5.74, 6) is 0. The fourth-order valence-electron chi connectivity index (χ4n) is 1.74. The molecule has 0 aromatic carbocycles. The lowest BCUT2D eigenvalue weighted by molar-refractivity contribution is -0.121. The summed E-state index contributed by atoms with van der Waals surface area (Å²) >= 11 is 0. The van der Waals surface area contributed by atoms with Crippen LogP contribution in [-0.4, -0.2) is 35.9 Å². The molecule has 14 heavy (non-hydrogen) atoms. The second kappa shape index (κ2) is 4.19. The van der Waals surface area contributed by atoms with Gasteiger partial charge in [-0.3, -0.25) is 9.78 Å². The molecule has 1 fully saturated rings. The van der Waals surface area contributed by atoms with Crippen LogP contribution in [0.25, 0.3) is 0 Å². The van der Waals surface area contributed by atoms with E-state index in [-0.39, 0.29) is 6.04 Å². The van der Waals surface area contributed by atoms with Gasteiger partial charge in [-0.2, -0.15) is 0 Å². The number of aromatic nitrogens is 1. The smallest absolute Gasteiger partial charge is 0.210 e. The molecule has 1 aliphatic rings. The first kappa shape index (κ1) is 9.15. The van der Waals surface area contributed by atoms with Crippen molar-refractivity contribution in [3.05, 3.63) is 30.1 Å². The monoisotopic (exact) mass is 191 g/mol. The lowest BCUT2D eigenvalue weighted by Gasteiger charge is -2.33. The van der Waals surface area contributed by atoms with E-state index < -0.39 is 0 Å². The molecule has 2 heterocycles. The molecule has 1 atom stereocenters. The zero-order valence-electron chi connectivity index (χ0n) is 7.89. The normalized spacial score (nSPS) is 22.0. The zero-order chi connectivity index (χ0) is 9.80. The number of nitrogens with zero attached hydrogens (tertiary/aromatic N) is 2. The highest BCUT2D eigenvalue weighted by Crippen LogP contribution is 2.19. The van der Waals surface area contributed by atoms with Gasteiger partial charge in [0.15, 0.2) is 0 Å². The van der Waals surface area contributed by atoms with Crippen LogP contribution >= 0.6 is 0 Å². The number of piperazine rings is 1. The highest BCUT2D eigenvalue weighted by molar-refractivity contribution is 5.49. The van der Waals surface area contributed by atoms with Crippen LogP contribution < -0.4 is 5.32 Å². The minimum atomic E-state index is 0.157. The van der Waals surface area contributed by atoms with E-state index in [1.807, 2.05) is 17.0 Å². The molecule has 0 bridgehead atoms. The maximum absolute atomic E-state index is 10.8. The van der Waals surface area contributed by atoms with Crippen LogP contribution in [-0.2, 0) is 4.79 Å². The number of rotatable bonds is 2. The number of hydrogen-bond acceptors (Lipinski definition) is 3. The Kier molecular flexibility index (Phi) is 2.74. The molecule has 1 aromatic heterocycles. The maximum atomic E-state index is 10.8. The van der Waals surface area contributed by atoms with Crippen molar-refractivity contribution in [1.82, 2.24) is 15.2 Å². The second-order valence-corrected chi connectivity index (χ2v) is 3.34. The van der Waals surface area contributed by atoms with Gasteiger partial charge in [0.1, 0.15) is 0 Å². The highest BCUT2D eigenvalue weighted by atomic mass is 16.1. The van der Waals surface area contributed by atoms with Gasteiger partial charge < -0.3 is 10.2 Å². The Balaban J connectivity index is 2.19. The van der Waals surface area contributed by atoms with Crippen molar-refractivity contribution in [2.24, 2.45) is 0 Å². The number of hydrogen-bond donors (Lipinski definition) is 1. The maximum Gasteiger partial charge on any atom is 0.210 e. The van der Waals surface area contributed by atoms with Crippen LogP contribution in [0.4, 0.5) is 0 Å². The predicted molar refractivity (Wildman–Crippen MR) is 52.6 cm³/mol. The van der Waals surface area contributed by atoms with Crippen LogP contribution in [0, 0.1) is 0 Å². The van der Waals surface area contributed by atoms with Crippen LogP contribution in [0.1, 0.15) is 11.6 Å². The summed E-state index contributed by atoms with van der Waals surface area (Å²) in [5, 5.41) is 3.28. The Morgan fingerprint density at radius 3 is 3.00 bits per heavy atom. The summed E-state index contributed by atoms with van der Waals surface area (Å²) < 4.78 is 0. The molecule has 4 nitrogen and oxygen atoms in total. The van der Waals surface area contributed by atoms with E-state index in [0.29, 0.717) is 0 Å². The van der Waals surface area contributed by atoms with Crippen molar-refractivity contribution in [2.75, 3.05) is 19.6 Å². The SMILES string of the molecule is O=CN1CCNCC1c1ccncc1. The number of amides is 1. The van der Waals surface area contributed by atoms with E-state index in [1.54, 1.807) is 12.4 Å². The lowest BCUT2D eigenvalue weighted by atomic mass is 10.1. The number of nitrogens with one attached hydrogen (secondary N) is 1. The third-order valence-electron chi connectivity index (χ3n) is 2.51. The van der Waals surface area contributed by atoms with Crippen molar-refractivity contribution in [2.45, 2.75) is 6.04 Å². The molecule has 1 saturated heterocycles. The molecule has 1 aromatic rings. The molecule has 0 aliphatic carbocycles. The van der Waals surface area contributed by atoms with Gasteiger partial charge >= 0.3 is 0 Å². The van der Waals surface area contributed by atoms with Crippen LogP contribution in [0.2, 0.25) is 0 Å². The molecule has 1 amide bonds. The predicted octanol–water partition coefficient (Wildman–Crippen LogP) is 0.184. The third-order valence-corrected chi connectivity index (χ3v) is 2.51. The standard InChI is InChI=1S/C10H13N3O/c14-8-13-6-5-12-7-10(13)9-1-3-11-4-2-9/h1-4,8,10,12H,5-7H2. The Labute approximate surface area is 82.9 Å². The van der Waals surface area contributed by atoms with Gasteiger partial charge in [-0.05, 0) is 17.7 Å². The van der Waals surface area contributed by atoms with Gasteiger partial charge in [0.05, 0.1) is 6.04 Å². The Morgan fingerprint density at radius 2 is 2.29 bits per heavy atom. The molecule has 4 heteroatoms. The van der Waals surface area contributed by atoms with E-state index in [9.17, 15) is 4.79 Å². The summed E-state index contributed by atoms with van der Waals surface area (Å²) in [4.78, 5) is 16.6. The van der Waals surface area contributed by atoms with Crippen LogP contribution in [0.5, 0.6) is 0 Å². The summed E-state index contributed by atoms with van der Waals surface area (Å²) in [7, 11) is 0. The summed E-state index contributed by atoms with van der Waals surface area (Å²) in [5.41, 5.74) is 1.14. The van der Waals surface area contributed by atoms with Crippen molar-refractivity contribution < 1.29 is 4.79 Å². The fourth-order valence-corrected chi connectivity index (χ4v) is 1.74. The summed E-state index contributed by atoms with van der Waals surface area (Å²) in [6.07, 6.45) is 4.44. The van der Waals surface area contributed by atoms with Gasteiger partial charge in [-0.1, -0.05) is 0 Å². The molecular weight excluding hydrogens is 178 g/mol. The average Bonchev–Trinajstić information content (AvgIpc) is 2.30. The Bertz CT molecular complexity index is 301. The van der Waals surface area contributed by atoms with E-state index in [1.165, 1.54) is 0 Å². The molecule has 74 valence electrons. The van der Waals surface area contributed by atoms with E-state index >= 15 is 0 Å². The third kappa shape index (κ3) is 1.75. The number of carbonyl (C=O) groups is 1. The van der Waals surface area contributed by atoms with Crippen LogP contribution in [0.15, 0.2) is 24.5 Å². The minimum Gasteiger partial charge on any atom is -0.336 e.